The monoisotopic (exact) mass is 298 g/mol. The minimum Gasteiger partial charge on any atom is -0.497 e. The van der Waals surface area contributed by atoms with Crippen LogP contribution in [0.2, 0.25) is 0 Å². The van der Waals surface area contributed by atoms with Crippen molar-refractivity contribution >= 4 is 18.1 Å². The smallest absolute Gasteiger partial charge is 0.335 e. The Labute approximate surface area is 127 Å². The molecule has 2 aromatic rings. The first kappa shape index (κ1) is 15.2. The van der Waals surface area contributed by atoms with Gasteiger partial charge in [-0.15, -0.1) is 0 Å². The van der Waals surface area contributed by atoms with Crippen molar-refractivity contribution in [3.63, 3.8) is 0 Å². The minimum atomic E-state index is -0.990. The molecule has 112 valence electrons. The van der Waals surface area contributed by atoms with Crippen molar-refractivity contribution in [1.29, 1.82) is 0 Å². The topological polar surface area (TPSA) is 88.0 Å². The third-order valence-electron chi connectivity index (χ3n) is 2.89. The van der Waals surface area contributed by atoms with Crippen molar-refractivity contribution < 1.29 is 19.4 Å². The molecule has 0 atom stereocenters. The lowest BCUT2D eigenvalue weighted by Crippen LogP contribution is -2.17. The van der Waals surface area contributed by atoms with E-state index in [4.69, 9.17) is 9.84 Å². The van der Waals surface area contributed by atoms with Crippen LogP contribution in [0.4, 0.5) is 0 Å². The first-order valence-corrected chi connectivity index (χ1v) is 6.41. The van der Waals surface area contributed by atoms with E-state index in [2.05, 4.69) is 10.5 Å². The number of carbonyl (C=O) groups excluding carboxylic acids is 1. The SMILES string of the molecule is COc1ccc(C(=O)N/N=C\c2ccc(C(=O)O)cc2)cc1. The second kappa shape index (κ2) is 7.03. The van der Waals surface area contributed by atoms with Crippen LogP contribution in [0.3, 0.4) is 0 Å². The maximum absolute atomic E-state index is 11.8. The van der Waals surface area contributed by atoms with Crippen LogP contribution in [0.5, 0.6) is 5.75 Å². The van der Waals surface area contributed by atoms with Crippen LogP contribution >= 0.6 is 0 Å². The van der Waals surface area contributed by atoms with Crippen molar-refractivity contribution in [2.75, 3.05) is 7.11 Å². The van der Waals surface area contributed by atoms with Gasteiger partial charge in [0.15, 0.2) is 0 Å². The average Bonchev–Trinajstić information content (AvgIpc) is 2.55. The fourth-order valence-electron chi connectivity index (χ4n) is 1.68. The zero-order valence-electron chi connectivity index (χ0n) is 11.8. The lowest BCUT2D eigenvalue weighted by Gasteiger charge is -2.02. The number of nitrogens with one attached hydrogen (secondary N) is 1. The van der Waals surface area contributed by atoms with Gasteiger partial charge in [-0.25, -0.2) is 10.2 Å². The molecular weight excluding hydrogens is 284 g/mol. The van der Waals surface area contributed by atoms with Crippen LogP contribution in [0.15, 0.2) is 53.6 Å². The van der Waals surface area contributed by atoms with Gasteiger partial charge in [-0.3, -0.25) is 4.79 Å². The minimum absolute atomic E-state index is 0.194. The number of rotatable bonds is 5. The van der Waals surface area contributed by atoms with Crippen molar-refractivity contribution in [2.45, 2.75) is 0 Å². The average molecular weight is 298 g/mol. The first-order valence-electron chi connectivity index (χ1n) is 6.41. The highest BCUT2D eigenvalue weighted by Gasteiger charge is 2.04. The Balaban J connectivity index is 1.96. The van der Waals surface area contributed by atoms with Crippen molar-refractivity contribution in [1.82, 2.24) is 5.43 Å². The van der Waals surface area contributed by atoms with Gasteiger partial charge in [0.25, 0.3) is 5.91 Å². The summed E-state index contributed by atoms with van der Waals surface area (Å²) >= 11 is 0. The summed E-state index contributed by atoms with van der Waals surface area (Å²) in [6.45, 7) is 0. The number of benzene rings is 2. The van der Waals surface area contributed by atoms with Crippen molar-refractivity contribution in [3.8, 4) is 5.75 Å². The van der Waals surface area contributed by atoms with E-state index in [1.54, 1.807) is 43.5 Å². The van der Waals surface area contributed by atoms with E-state index >= 15 is 0 Å². The van der Waals surface area contributed by atoms with Crippen LogP contribution in [-0.4, -0.2) is 30.3 Å². The number of hydrazone groups is 1. The molecule has 2 rings (SSSR count). The predicted octanol–water partition coefficient (Wildman–Crippen LogP) is 2.16. The number of aromatic carboxylic acids is 1. The summed E-state index contributed by atoms with van der Waals surface area (Å²) < 4.78 is 5.01. The van der Waals surface area contributed by atoms with Gasteiger partial charge in [-0.1, -0.05) is 12.1 Å². The lowest BCUT2D eigenvalue weighted by molar-refractivity contribution is 0.0696. The van der Waals surface area contributed by atoms with Gasteiger partial charge in [-0.2, -0.15) is 5.10 Å². The zero-order valence-corrected chi connectivity index (χ0v) is 11.8. The summed E-state index contributed by atoms with van der Waals surface area (Å²) in [5.41, 5.74) is 3.73. The molecule has 0 aliphatic carbocycles. The fourth-order valence-corrected chi connectivity index (χ4v) is 1.68. The fraction of sp³-hybridized carbons (Fsp3) is 0.0625. The van der Waals surface area contributed by atoms with Gasteiger partial charge in [0, 0.05) is 5.56 Å². The molecule has 0 unspecified atom stereocenters. The molecule has 2 N–H and O–H groups in total. The molecule has 0 aliphatic heterocycles. The van der Waals surface area contributed by atoms with E-state index in [1.165, 1.54) is 18.3 Å². The quantitative estimate of drug-likeness (QED) is 0.654. The number of hydrogen-bond donors (Lipinski definition) is 2. The molecule has 0 aromatic heterocycles. The molecule has 0 saturated heterocycles. The molecule has 22 heavy (non-hydrogen) atoms. The second-order valence-electron chi connectivity index (χ2n) is 4.35. The molecular formula is C16H14N2O4. The van der Waals surface area contributed by atoms with E-state index < -0.39 is 5.97 Å². The summed E-state index contributed by atoms with van der Waals surface area (Å²) in [5, 5.41) is 12.6. The molecule has 0 aliphatic rings. The number of nitrogens with zero attached hydrogens (tertiary/aromatic N) is 1. The van der Waals surface area contributed by atoms with Crippen molar-refractivity contribution in [2.24, 2.45) is 5.10 Å². The highest BCUT2D eigenvalue weighted by molar-refractivity contribution is 5.95. The number of carbonyl (C=O) groups is 2. The molecule has 0 spiro atoms. The molecule has 6 heteroatoms. The molecule has 0 saturated carbocycles. The maximum atomic E-state index is 11.8. The zero-order chi connectivity index (χ0) is 15.9. The van der Waals surface area contributed by atoms with Gasteiger partial charge in [0.2, 0.25) is 0 Å². The highest BCUT2D eigenvalue weighted by atomic mass is 16.5. The number of carboxylic acid groups (broad SMARTS) is 1. The van der Waals surface area contributed by atoms with Gasteiger partial charge in [0.1, 0.15) is 5.75 Å². The van der Waals surface area contributed by atoms with E-state index in [-0.39, 0.29) is 11.5 Å². The van der Waals surface area contributed by atoms with Crippen LogP contribution in [-0.2, 0) is 0 Å². The lowest BCUT2D eigenvalue weighted by atomic mass is 10.1. The second-order valence-corrected chi connectivity index (χ2v) is 4.35. The van der Waals surface area contributed by atoms with Crippen molar-refractivity contribution in [3.05, 3.63) is 65.2 Å². The molecule has 0 bridgehead atoms. The standard InChI is InChI=1S/C16H14N2O4/c1-22-14-8-6-12(7-9-14)15(19)18-17-10-11-2-4-13(5-3-11)16(20)21/h2-10H,1H3,(H,18,19)(H,20,21)/b17-10-. The third-order valence-corrected chi connectivity index (χ3v) is 2.89. The van der Waals surface area contributed by atoms with Crippen LogP contribution in [0, 0.1) is 0 Å². The van der Waals surface area contributed by atoms with Gasteiger partial charge >= 0.3 is 5.97 Å². The van der Waals surface area contributed by atoms with Crippen LogP contribution in [0.25, 0.3) is 0 Å². The Bertz CT molecular complexity index is 691. The molecule has 1 amide bonds. The maximum Gasteiger partial charge on any atom is 0.335 e. The molecule has 0 fully saturated rings. The number of methoxy groups -OCH3 is 1. The summed E-state index contributed by atoms with van der Waals surface area (Å²) in [7, 11) is 1.55. The Hall–Kier alpha value is -3.15. The van der Waals surface area contributed by atoms with Crippen LogP contribution in [0.1, 0.15) is 26.3 Å². The summed E-state index contributed by atoms with van der Waals surface area (Å²) in [4.78, 5) is 22.6. The number of carboxylic acids is 1. The summed E-state index contributed by atoms with van der Waals surface area (Å²) in [6.07, 6.45) is 1.44. The Morgan fingerprint density at radius 3 is 2.18 bits per heavy atom. The molecule has 0 radical (unpaired) electrons. The summed E-state index contributed by atoms with van der Waals surface area (Å²) in [6, 6.07) is 12.8. The largest absolute Gasteiger partial charge is 0.497 e. The molecule has 6 nitrogen and oxygen atoms in total. The molecule has 0 heterocycles. The van der Waals surface area contributed by atoms with E-state index in [9.17, 15) is 9.59 Å². The Kier molecular flexibility index (Phi) is 4.87. The highest BCUT2D eigenvalue weighted by Crippen LogP contribution is 2.11. The van der Waals surface area contributed by atoms with E-state index in [1.807, 2.05) is 0 Å². The number of ether oxygens (including phenoxy) is 1. The van der Waals surface area contributed by atoms with Gasteiger partial charge in [-0.05, 0) is 42.0 Å². The van der Waals surface area contributed by atoms with Crippen LogP contribution < -0.4 is 10.2 Å². The number of hydrogen-bond acceptors (Lipinski definition) is 4. The Morgan fingerprint density at radius 1 is 1.05 bits per heavy atom. The van der Waals surface area contributed by atoms with Gasteiger partial charge < -0.3 is 9.84 Å². The normalized spacial score (nSPS) is 10.4. The first-order chi connectivity index (χ1) is 10.6. The molecule has 2 aromatic carbocycles. The van der Waals surface area contributed by atoms with E-state index in [0.717, 1.165) is 0 Å². The Morgan fingerprint density at radius 2 is 1.64 bits per heavy atom. The summed E-state index contributed by atoms with van der Waals surface area (Å²) in [5.74, 6) is -0.670. The van der Waals surface area contributed by atoms with E-state index in [0.29, 0.717) is 16.9 Å². The predicted molar refractivity (Wildman–Crippen MR) is 81.5 cm³/mol. The third kappa shape index (κ3) is 3.92. The number of amides is 1. The van der Waals surface area contributed by atoms with Gasteiger partial charge in [0.05, 0.1) is 18.9 Å².